The minimum Gasteiger partial charge on any atom is -0.334 e. The quantitative estimate of drug-likeness (QED) is 0.822. The van der Waals surface area contributed by atoms with Crippen molar-refractivity contribution >= 4 is 0 Å². The van der Waals surface area contributed by atoms with Crippen molar-refractivity contribution in [3.63, 3.8) is 0 Å². The molecule has 1 aromatic heterocycles. The van der Waals surface area contributed by atoms with Gasteiger partial charge in [0.25, 0.3) is 0 Å². The third-order valence-electron chi connectivity index (χ3n) is 3.90. The van der Waals surface area contributed by atoms with Crippen LogP contribution in [-0.2, 0) is 6.54 Å². The molecule has 1 heterocycles. The van der Waals surface area contributed by atoms with Crippen LogP contribution in [-0.4, -0.2) is 9.55 Å². The predicted molar refractivity (Wildman–Crippen MR) is 70.6 cm³/mol. The van der Waals surface area contributed by atoms with E-state index in [1.54, 1.807) is 0 Å². The van der Waals surface area contributed by atoms with Crippen LogP contribution >= 0.6 is 0 Å². The summed E-state index contributed by atoms with van der Waals surface area (Å²) in [7, 11) is 0. The molecular formula is C14H25N3. The van der Waals surface area contributed by atoms with Gasteiger partial charge in [-0.2, -0.15) is 0 Å². The fourth-order valence-corrected chi connectivity index (χ4v) is 2.92. The van der Waals surface area contributed by atoms with Gasteiger partial charge < -0.3 is 10.3 Å². The third-order valence-corrected chi connectivity index (χ3v) is 3.90. The van der Waals surface area contributed by atoms with E-state index >= 15 is 0 Å². The van der Waals surface area contributed by atoms with Crippen molar-refractivity contribution in [1.82, 2.24) is 9.55 Å². The molecule has 0 aromatic carbocycles. The molecule has 0 aliphatic heterocycles. The topological polar surface area (TPSA) is 43.8 Å². The molecule has 1 aliphatic carbocycles. The molecule has 3 heteroatoms. The minimum absolute atomic E-state index is 0.122. The van der Waals surface area contributed by atoms with E-state index in [2.05, 4.69) is 16.5 Å². The molecule has 1 atom stereocenters. The van der Waals surface area contributed by atoms with Gasteiger partial charge in [0.1, 0.15) is 5.82 Å². The monoisotopic (exact) mass is 235 g/mol. The summed E-state index contributed by atoms with van der Waals surface area (Å²) in [6, 6.07) is 0.122. The molecule has 1 aromatic rings. The Balaban J connectivity index is 1.85. The van der Waals surface area contributed by atoms with Gasteiger partial charge in [-0.3, -0.25) is 0 Å². The van der Waals surface area contributed by atoms with Crippen LogP contribution in [0.3, 0.4) is 0 Å². The Labute approximate surface area is 104 Å². The summed E-state index contributed by atoms with van der Waals surface area (Å²) < 4.78 is 2.21. The Hall–Kier alpha value is -0.830. The highest BCUT2D eigenvalue weighted by atomic mass is 15.1. The first kappa shape index (κ1) is 12.6. The van der Waals surface area contributed by atoms with E-state index in [-0.39, 0.29) is 6.04 Å². The largest absolute Gasteiger partial charge is 0.334 e. The van der Waals surface area contributed by atoms with Crippen LogP contribution in [0.15, 0.2) is 12.4 Å². The second kappa shape index (κ2) is 6.20. The first-order valence-corrected chi connectivity index (χ1v) is 7.08. The maximum Gasteiger partial charge on any atom is 0.125 e. The molecule has 2 rings (SSSR count). The number of nitrogens with zero attached hydrogens (tertiary/aromatic N) is 2. The first-order chi connectivity index (χ1) is 8.31. The van der Waals surface area contributed by atoms with Crippen molar-refractivity contribution < 1.29 is 0 Å². The lowest BCUT2D eigenvalue weighted by Gasteiger charge is -2.15. The van der Waals surface area contributed by atoms with Gasteiger partial charge in [0.15, 0.2) is 0 Å². The molecule has 0 amide bonds. The zero-order valence-corrected chi connectivity index (χ0v) is 10.9. The van der Waals surface area contributed by atoms with E-state index in [0.29, 0.717) is 0 Å². The minimum atomic E-state index is 0.122. The molecule has 2 N–H and O–H groups in total. The van der Waals surface area contributed by atoms with Gasteiger partial charge in [-0.15, -0.1) is 0 Å². The number of imidazole rings is 1. The number of hydrogen-bond donors (Lipinski definition) is 1. The standard InChI is InChI=1S/C14H25N3/c1-2-10-17-11-9-16-14(17)13(15)8-7-12-5-3-4-6-12/h9,11-13H,2-8,10,15H2,1H3. The molecule has 1 fully saturated rings. The molecule has 96 valence electrons. The average Bonchev–Trinajstić information content (AvgIpc) is 2.97. The zero-order chi connectivity index (χ0) is 12.1. The highest BCUT2D eigenvalue weighted by molar-refractivity contribution is 4.98. The lowest BCUT2D eigenvalue weighted by atomic mass is 9.98. The summed E-state index contributed by atoms with van der Waals surface area (Å²) in [5, 5.41) is 0. The highest BCUT2D eigenvalue weighted by Gasteiger charge is 2.18. The van der Waals surface area contributed by atoms with Crippen molar-refractivity contribution in [3.05, 3.63) is 18.2 Å². The van der Waals surface area contributed by atoms with E-state index in [1.807, 2.05) is 12.4 Å². The van der Waals surface area contributed by atoms with Crippen LogP contribution in [0.2, 0.25) is 0 Å². The maximum absolute atomic E-state index is 6.27. The molecule has 1 unspecified atom stereocenters. The van der Waals surface area contributed by atoms with E-state index in [9.17, 15) is 0 Å². The molecular weight excluding hydrogens is 210 g/mol. The SMILES string of the molecule is CCCn1ccnc1C(N)CCC1CCCC1. The van der Waals surface area contributed by atoms with E-state index in [1.165, 1.54) is 32.1 Å². The Kier molecular flexibility index (Phi) is 4.60. The fraction of sp³-hybridized carbons (Fsp3) is 0.786. The second-order valence-electron chi connectivity index (χ2n) is 5.31. The van der Waals surface area contributed by atoms with E-state index in [4.69, 9.17) is 5.73 Å². The molecule has 1 saturated carbocycles. The molecule has 0 spiro atoms. The summed E-state index contributed by atoms with van der Waals surface area (Å²) in [4.78, 5) is 4.42. The summed E-state index contributed by atoms with van der Waals surface area (Å²) >= 11 is 0. The second-order valence-corrected chi connectivity index (χ2v) is 5.31. The van der Waals surface area contributed by atoms with Crippen LogP contribution < -0.4 is 5.73 Å². The van der Waals surface area contributed by atoms with Crippen LogP contribution in [0, 0.1) is 5.92 Å². The van der Waals surface area contributed by atoms with Crippen molar-refractivity contribution in [2.24, 2.45) is 11.7 Å². The van der Waals surface area contributed by atoms with Gasteiger partial charge in [0.05, 0.1) is 6.04 Å². The van der Waals surface area contributed by atoms with Crippen LogP contribution in [0.5, 0.6) is 0 Å². The first-order valence-electron chi connectivity index (χ1n) is 7.08. The summed E-state index contributed by atoms with van der Waals surface area (Å²) in [5.74, 6) is 2.00. The number of rotatable bonds is 6. The zero-order valence-electron chi connectivity index (χ0n) is 10.9. The van der Waals surface area contributed by atoms with Gasteiger partial charge in [0.2, 0.25) is 0 Å². The van der Waals surface area contributed by atoms with Crippen LogP contribution in [0.25, 0.3) is 0 Å². The van der Waals surface area contributed by atoms with Gasteiger partial charge >= 0.3 is 0 Å². The van der Waals surface area contributed by atoms with Crippen molar-refractivity contribution in [1.29, 1.82) is 0 Å². The summed E-state index contributed by atoms with van der Waals surface area (Å²) in [5.41, 5.74) is 6.27. The smallest absolute Gasteiger partial charge is 0.125 e. The molecule has 3 nitrogen and oxygen atoms in total. The Morgan fingerprint density at radius 2 is 2.24 bits per heavy atom. The number of aromatic nitrogens is 2. The molecule has 0 saturated heterocycles. The summed E-state index contributed by atoms with van der Waals surface area (Å²) in [6.07, 6.45) is 13.1. The van der Waals surface area contributed by atoms with Gasteiger partial charge in [0, 0.05) is 18.9 Å². The Bertz CT molecular complexity index is 326. The van der Waals surface area contributed by atoms with Crippen molar-refractivity contribution in [3.8, 4) is 0 Å². The van der Waals surface area contributed by atoms with Gasteiger partial charge in [-0.1, -0.05) is 32.6 Å². The lowest BCUT2D eigenvalue weighted by molar-refractivity contribution is 0.438. The van der Waals surface area contributed by atoms with Gasteiger partial charge in [-0.25, -0.2) is 4.98 Å². The molecule has 0 radical (unpaired) electrons. The molecule has 0 bridgehead atoms. The fourth-order valence-electron chi connectivity index (χ4n) is 2.92. The normalized spacial score (nSPS) is 18.7. The number of nitrogens with two attached hydrogens (primary N) is 1. The number of hydrogen-bond acceptors (Lipinski definition) is 2. The van der Waals surface area contributed by atoms with Crippen LogP contribution in [0.4, 0.5) is 0 Å². The summed E-state index contributed by atoms with van der Waals surface area (Å²) in [6.45, 7) is 3.22. The number of aryl methyl sites for hydroxylation is 1. The van der Waals surface area contributed by atoms with E-state index in [0.717, 1.165) is 31.1 Å². The lowest BCUT2D eigenvalue weighted by Crippen LogP contribution is -2.17. The Morgan fingerprint density at radius 1 is 1.47 bits per heavy atom. The maximum atomic E-state index is 6.27. The third kappa shape index (κ3) is 3.32. The van der Waals surface area contributed by atoms with Gasteiger partial charge in [-0.05, 0) is 25.2 Å². The van der Waals surface area contributed by atoms with Crippen molar-refractivity contribution in [2.75, 3.05) is 0 Å². The Morgan fingerprint density at radius 3 is 2.94 bits per heavy atom. The van der Waals surface area contributed by atoms with Crippen LogP contribution in [0.1, 0.15) is 63.7 Å². The van der Waals surface area contributed by atoms with Crippen molar-refractivity contribution in [2.45, 2.75) is 64.5 Å². The highest BCUT2D eigenvalue weighted by Crippen LogP contribution is 2.30. The molecule has 17 heavy (non-hydrogen) atoms. The average molecular weight is 235 g/mol. The molecule has 1 aliphatic rings. The van der Waals surface area contributed by atoms with E-state index < -0.39 is 0 Å². The predicted octanol–water partition coefficient (Wildman–Crippen LogP) is 3.26.